The number of carbonyl (C=O) groups is 1. The topological polar surface area (TPSA) is 41.1 Å². The van der Waals surface area contributed by atoms with Gasteiger partial charge in [-0.15, -0.1) is 0 Å². The average Bonchev–Trinajstić information content (AvgIpc) is 2.50. The molecule has 1 unspecified atom stereocenters. The summed E-state index contributed by atoms with van der Waals surface area (Å²) in [4.78, 5) is 11.7. The zero-order chi connectivity index (χ0) is 15.2. The lowest BCUT2D eigenvalue weighted by Gasteiger charge is -2.20. The molecule has 1 aliphatic rings. The van der Waals surface area contributed by atoms with Crippen molar-refractivity contribution in [3.63, 3.8) is 0 Å². The van der Waals surface area contributed by atoms with Crippen molar-refractivity contribution < 1.29 is 4.79 Å². The van der Waals surface area contributed by atoms with Gasteiger partial charge in [0.25, 0.3) is 0 Å². The van der Waals surface area contributed by atoms with Gasteiger partial charge >= 0.3 is 0 Å². The SMILES string of the molecule is CC(C)CNC(=O)CNC(C)c1ccc2c(c1)CCCC2. The molecular weight excluding hydrogens is 260 g/mol. The third kappa shape index (κ3) is 4.85. The van der Waals surface area contributed by atoms with Crippen LogP contribution in [0.1, 0.15) is 56.3 Å². The minimum absolute atomic E-state index is 0.0773. The summed E-state index contributed by atoms with van der Waals surface area (Å²) in [5, 5.41) is 6.25. The van der Waals surface area contributed by atoms with Crippen molar-refractivity contribution in [2.75, 3.05) is 13.1 Å². The Morgan fingerprint density at radius 3 is 2.57 bits per heavy atom. The highest BCUT2D eigenvalue weighted by Gasteiger charge is 2.13. The minimum atomic E-state index is 0.0773. The molecule has 1 aromatic carbocycles. The van der Waals surface area contributed by atoms with Crippen LogP contribution < -0.4 is 10.6 Å². The maximum atomic E-state index is 11.7. The molecule has 0 radical (unpaired) electrons. The fourth-order valence-corrected chi connectivity index (χ4v) is 2.77. The number of rotatable bonds is 6. The Bertz CT molecular complexity index is 482. The highest BCUT2D eigenvalue weighted by Crippen LogP contribution is 2.24. The predicted octanol–water partition coefficient (Wildman–Crippen LogP) is 2.99. The standard InChI is InChI=1S/C18H28N2O/c1-13(2)11-20-18(21)12-19-14(3)16-9-8-15-6-4-5-7-17(15)10-16/h8-10,13-14,19H,4-7,11-12H2,1-3H3,(H,20,21). The van der Waals surface area contributed by atoms with Gasteiger partial charge < -0.3 is 10.6 Å². The van der Waals surface area contributed by atoms with Crippen LogP contribution in [0, 0.1) is 5.92 Å². The predicted molar refractivity (Wildman–Crippen MR) is 87.3 cm³/mol. The summed E-state index contributed by atoms with van der Waals surface area (Å²) in [6, 6.07) is 6.99. The number of benzene rings is 1. The number of amides is 1. The maximum absolute atomic E-state index is 11.7. The first-order valence-electron chi connectivity index (χ1n) is 8.18. The van der Waals surface area contributed by atoms with Crippen molar-refractivity contribution in [3.05, 3.63) is 34.9 Å². The van der Waals surface area contributed by atoms with Gasteiger partial charge in [0, 0.05) is 12.6 Å². The van der Waals surface area contributed by atoms with E-state index in [1.165, 1.54) is 42.4 Å². The molecule has 0 bridgehead atoms. The Hall–Kier alpha value is -1.35. The molecule has 0 aromatic heterocycles. The highest BCUT2D eigenvalue weighted by atomic mass is 16.1. The van der Waals surface area contributed by atoms with E-state index in [-0.39, 0.29) is 11.9 Å². The van der Waals surface area contributed by atoms with Gasteiger partial charge in [-0.1, -0.05) is 32.0 Å². The lowest BCUT2D eigenvalue weighted by atomic mass is 9.89. The van der Waals surface area contributed by atoms with Crippen LogP contribution in [0.5, 0.6) is 0 Å². The van der Waals surface area contributed by atoms with Crippen molar-refractivity contribution in [2.45, 2.75) is 52.5 Å². The second kappa shape index (κ2) is 7.60. The summed E-state index contributed by atoms with van der Waals surface area (Å²) in [6.07, 6.45) is 5.03. The van der Waals surface area contributed by atoms with Crippen LogP contribution in [0.4, 0.5) is 0 Å². The summed E-state index contributed by atoms with van der Waals surface area (Å²) >= 11 is 0. The van der Waals surface area contributed by atoms with Crippen molar-refractivity contribution in [2.24, 2.45) is 5.92 Å². The van der Waals surface area contributed by atoms with E-state index in [1.54, 1.807) is 0 Å². The van der Waals surface area contributed by atoms with E-state index in [0.717, 1.165) is 6.54 Å². The van der Waals surface area contributed by atoms with E-state index in [9.17, 15) is 4.79 Å². The van der Waals surface area contributed by atoms with Crippen LogP contribution in [0.2, 0.25) is 0 Å². The van der Waals surface area contributed by atoms with Gasteiger partial charge in [0.05, 0.1) is 6.54 Å². The lowest BCUT2D eigenvalue weighted by molar-refractivity contribution is -0.120. The fourth-order valence-electron chi connectivity index (χ4n) is 2.77. The van der Waals surface area contributed by atoms with Gasteiger partial charge in [0.1, 0.15) is 0 Å². The van der Waals surface area contributed by atoms with Gasteiger partial charge in [-0.25, -0.2) is 0 Å². The van der Waals surface area contributed by atoms with Crippen LogP contribution in [0.15, 0.2) is 18.2 Å². The van der Waals surface area contributed by atoms with Crippen molar-refractivity contribution >= 4 is 5.91 Å². The highest BCUT2D eigenvalue weighted by molar-refractivity contribution is 5.78. The molecule has 0 heterocycles. The second-order valence-corrected chi connectivity index (χ2v) is 6.54. The molecule has 1 aromatic rings. The molecule has 0 saturated heterocycles. The third-order valence-electron chi connectivity index (χ3n) is 4.15. The zero-order valence-corrected chi connectivity index (χ0v) is 13.5. The van der Waals surface area contributed by atoms with Gasteiger partial charge in [-0.3, -0.25) is 4.79 Å². The van der Waals surface area contributed by atoms with Crippen molar-refractivity contribution in [3.8, 4) is 0 Å². The maximum Gasteiger partial charge on any atom is 0.233 e. The summed E-state index contributed by atoms with van der Waals surface area (Å²) in [7, 11) is 0. The molecule has 1 aliphatic carbocycles. The molecular formula is C18H28N2O. The smallest absolute Gasteiger partial charge is 0.233 e. The number of hydrogen-bond donors (Lipinski definition) is 2. The van der Waals surface area contributed by atoms with Gasteiger partial charge in [0.2, 0.25) is 5.91 Å². The van der Waals surface area contributed by atoms with Gasteiger partial charge in [0.15, 0.2) is 0 Å². The van der Waals surface area contributed by atoms with Crippen LogP contribution in [-0.4, -0.2) is 19.0 Å². The summed E-state index contributed by atoms with van der Waals surface area (Å²) in [5.74, 6) is 0.570. The normalized spacial score (nSPS) is 15.6. The largest absolute Gasteiger partial charge is 0.355 e. The van der Waals surface area contributed by atoms with E-state index in [0.29, 0.717) is 12.5 Å². The average molecular weight is 288 g/mol. The number of hydrogen-bond acceptors (Lipinski definition) is 2. The molecule has 3 nitrogen and oxygen atoms in total. The summed E-state index contributed by atoms with van der Waals surface area (Å²) in [6.45, 7) is 7.45. The fraction of sp³-hybridized carbons (Fsp3) is 0.611. The second-order valence-electron chi connectivity index (χ2n) is 6.54. The molecule has 1 atom stereocenters. The molecule has 1 amide bonds. The first kappa shape index (κ1) is 16.0. The van der Waals surface area contributed by atoms with Crippen LogP contribution in [0.25, 0.3) is 0 Å². The Morgan fingerprint density at radius 1 is 1.14 bits per heavy atom. The molecule has 0 fully saturated rings. The number of aryl methyl sites for hydroxylation is 2. The van der Waals surface area contributed by atoms with Crippen molar-refractivity contribution in [1.29, 1.82) is 0 Å². The van der Waals surface area contributed by atoms with E-state index >= 15 is 0 Å². The van der Waals surface area contributed by atoms with E-state index in [2.05, 4.69) is 49.6 Å². The number of carbonyl (C=O) groups excluding carboxylic acids is 1. The monoisotopic (exact) mass is 288 g/mol. The third-order valence-corrected chi connectivity index (χ3v) is 4.15. The molecule has 3 heteroatoms. The summed E-state index contributed by atoms with van der Waals surface area (Å²) < 4.78 is 0. The molecule has 0 aliphatic heterocycles. The Morgan fingerprint density at radius 2 is 1.86 bits per heavy atom. The number of fused-ring (bicyclic) bond motifs is 1. The zero-order valence-electron chi connectivity index (χ0n) is 13.5. The van der Waals surface area contributed by atoms with Crippen molar-refractivity contribution in [1.82, 2.24) is 10.6 Å². The molecule has 116 valence electrons. The van der Waals surface area contributed by atoms with E-state index in [4.69, 9.17) is 0 Å². The molecule has 0 saturated carbocycles. The Kier molecular flexibility index (Phi) is 5.80. The quantitative estimate of drug-likeness (QED) is 0.845. The lowest BCUT2D eigenvalue weighted by Crippen LogP contribution is -2.36. The molecule has 0 spiro atoms. The first-order chi connectivity index (χ1) is 10.1. The number of nitrogens with one attached hydrogen (secondary N) is 2. The first-order valence-corrected chi connectivity index (χ1v) is 8.18. The summed E-state index contributed by atoms with van der Waals surface area (Å²) in [5.41, 5.74) is 4.29. The Labute approximate surface area is 128 Å². The van der Waals surface area contributed by atoms with Crippen LogP contribution >= 0.6 is 0 Å². The van der Waals surface area contributed by atoms with E-state index in [1.807, 2.05) is 0 Å². The minimum Gasteiger partial charge on any atom is -0.355 e. The van der Waals surface area contributed by atoms with Gasteiger partial charge in [-0.05, 0) is 55.2 Å². The molecule has 21 heavy (non-hydrogen) atoms. The molecule has 2 rings (SSSR count). The van der Waals surface area contributed by atoms with E-state index < -0.39 is 0 Å². The van der Waals surface area contributed by atoms with Crippen LogP contribution in [-0.2, 0) is 17.6 Å². The Balaban J connectivity index is 1.85. The van der Waals surface area contributed by atoms with Crippen LogP contribution in [0.3, 0.4) is 0 Å². The van der Waals surface area contributed by atoms with Gasteiger partial charge in [-0.2, -0.15) is 0 Å². The molecule has 2 N–H and O–H groups in total.